The maximum absolute atomic E-state index is 6.41. The first-order valence-corrected chi connectivity index (χ1v) is 8.74. The van der Waals surface area contributed by atoms with E-state index >= 15 is 0 Å². The number of fused-ring (bicyclic) bond motifs is 1. The largest absolute Gasteiger partial charge is 0.493 e. The lowest BCUT2D eigenvalue weighted by molar-refractivity contribution is 0.164. The summed E-state index contributed by atoms with van der Waals surface area (Å²) in [7, 11) is 1.66. The molecule has 1 fully saturated rings. The van der Waals surface area contributed by atoms with Crippen LogP contribution in [0.1, 0.15) is 17.0 Å². The van der Waals surface area contributed by atoms with Gasteiger partial charge in [-0.15, -0.1) is 12.4 Å². The van der Waals surface area contributed by atoms with Gasteiger partial charge in [-0.1, -0.05) is 30.3 Å². The van der Waals surface area contributed by atoms with E-state index < -0.39 is 0 Å². The van der Waals surface area contributed by atoms with Crippen LogP contribution in [0, 0.1) is 0 Å². The molecule has 0 bridgehead atoms. The Morgan fingerprint density at radius 1 is 1.12 bits per heavy atom. The van der Waals surface area contributed by atoms with E-state index in [0.29, 0.717) is 24.9 Å². The lowest BCUT2D eigenvalue weighted by Gasteiger charge is -2.23. The van der Waals surface area contributed by atoms with Crippen LogP contribution < -0.4 is 19.9 Å². The first-order valence-electron chi connectivity index (χ1n) is 8.74. The molecule has 140 valence electrons. The number of likely N-dealkylation sites (tertiary alicyclic amines) is 1. The summed E-state index contributed by atoms with van der Waals surface area (Å²) >= 11 is 0. The average Bonchev–Trinajstić information content (AvgIpc) is 3.02. The lowest BCUT2D eigenvalue weighted by Crippen LogP contribution is -2.28. The highest BCUT2D eigenvalue weighted by atomic mass is 35.5. The van der Waals surface area contributed by atoms with Crippen molar-refractivity contribution >= 4 is 12.4 Å². The minimum atomic E-state index is 0. The molecule has 0 aromatic heterocycles. The number of nitrogens with zero attached hydrogens (tertiary/aromatic N) is 1. The fourth-order valence-corrected chi connectivity index (χ4v) is 3.77. The Kier molecular flexibility index (Phi) is 5.91. The molecule has 2 N–H and O–H groups in total. The van der Waals surface area contributed by atoms with Crippen LogP contribution in [0.25, 0.3) is 0 Å². The fourth-order valence-electron chi connectivity index (χ4n) is 3.77. The van der Waals surface area contributed by atoms with Gasteiger partial charge in [0.05, 0.1) is 7.11 Å². The molecular formula is C20H25ClN2O3. The van der Waals surface area contributed by atoms with Crippen molar-refractivity contribution in [1.29, 1.82) is 0 Å². The van der Waals surface area contributed by atoms with E-state index in [0.717, 1.165) is 36.7 Å². The summed E-state index contributed by atoms with van der Waals surface area (Å²) in [5.41, 5.74) is 8.88. The Labute approximate surface area is 160 Å². The van der Waals surface area contributed by atoms with E-state index in [1.165, 1.54) is 5.56 Å². The van der Waals surface area contributed by atoms with Gasteiger partial charge in [0.1, 0.15) is 13.2 Å². The smallest absolute Gasteiger partial charge is 0.203 e. The van der Waals surface area contributed by atoms with Gasteiger partial charge in [0.25, 0.3) is 0 Å². The van der Waals surface area contributed by atoms with E-state index in [1.54, 1.807) is 7.11 Å². The van der Waals surface area contributed by atoms with Gasteiger partial charge in [-0.05, 0) is 23.3 Å². The van der Waals surface area contributed by atoms with Crippen LogP contribution >= 0.6 is 12.4 Å². The number of methoxy groups -OCH3 is 1. The third-order valence-electron chi connectivity index (χ3n) is 4.96. The zero-order valence-electron chi connectivity index (χ0n) is 14.9. The van der Waals surface area contributed by atoms with Gasteiger partial charge in [-0.25, -0.2) is 0 Å². The number of hydrogen-bond donors (Lipinski definition) is 1. The summed E-state index contributed by atoms with van der Waals surface area (Å²) < 4.78 is 16.9. The summed E-state index contributed by atoms with van der Waals surface area (Å²) in [6.07, 6.45) is 0. The first-order chi connectivity index (χ1) is 12.2. The van der Waals surface area contributed by atoms with Gasteiger partial charge in [0, 0.05) is 31.6 Å². The molecule has 0 aliphatic carbocycles. The zero-order chi connectivity index (χ0) is 17.2. The van der Waals surface area contributed by atoms with Crippen molar-refractivity contribution in [2.24, 2.45) is 5.73 Å². The van der Waals surface area contributed by atoms with E-state index in [9.17, 15) is 0 Å². The SMILES string of the molecule is COc1cc(CN2C[C@@H](N)[C@H](c3ccccc3)C2)cc2c1OCCO2.Cl. The quantitative estimate of drug-likeness (QED) is 0.889. The lowest BCUT2D eigenvalue weighted by atomic mass is 9.95. The zero-order valence-corrected chi connectivity index (χ0v) is 15.7. The van der Waals surface area contributed by atoms with E-state index in [4.69, 9.17) is 19.9 Å². The van der Waals surface area contributed by atoms with Crippen LogP contribution in [-0.4, -0.2) is 44.4 Å². The molecule has 0 amide bonds. The standard InChI is InChI=1S/C20H24N2O3.ClH/c1-23-18-9-14(10-19-20(18)25-8-7-24-19)11-22-12-16(17(21)13-22)15-5-3-2-4-6-15;/h2-6,9-10,16-17H,7-8,11-13,21H2,1H3;1H/t16-,17+;/m0./s1. The highest BCUT2D eigenvalue weighted by Crippen LogP contribution is 2.41. The first kappa shape index (κ1) is 18.8. The number of nitrogens with two attached hydrogens (primary N) is 1. The second kappa shape index (κ2) is 8.16. The number of ether oxygens (including phenoxy) is 3. The summed E-state index contributed by atoms with van der Waals surface area (Å²) in [5.74, 6) is 2.58. The molecule has 6 heteroatoms. The predicted molar refractivity (Wildman–Crippen MR) is 104 cm³/mol. The van der Waals surface area contributed by atoms with E-state index in [1.807, 2.05) is 12.1 Å². The minimum absolute atomic E-state index is 0. The molecule has 0 unspecified atom stereocenters. The summed E-state index contributed by atoms with van der Waals surface area (Å²) in [5, 5.41) is 0. The van der Waals surface area contributed by atoms with Gasteiger partial charge >= 0.3 is 0 Å². The van der Waals surface area contributed by atoms with Gasteiger partial charge < -0.3 is 19.9 Å². The number of rotatable bonds is 4. The molecule has 0 radical (unpaired) electrons. The van der Waals surface area contributed by atoms with Crippen LogP contribution in [0.4, 0.5) is 0 Å². The predicted octanol–water partition coefficient (Wildman–Crippen LogP) is 2.81. The number of benzene rings is 2. The second-order valence-electron chi connectivity index (χ2n) is 6.70. The molecule has 2 aromatic rings. The molecule has 1 saturated heterocycles. The van der Waals surface area contributed by atoms with Gasteiger partial charge in [-0.3, -0.25) is 4.90 Å². The van der Waals surface area contributed by atoms with Crippen LogP contribution in [-0.2, 0) is 6.54 Å². The third-order valence-corrected chi connectivity index (χ3v) is 4.96. The minimum Gasteiger partial charge on any atom is -0.493 e. The Balaban J connectivity index is 0.00000196. The Morgan fingerprint density at radius 3 is 2.65 bits per heavy atom. The molecule has 0 spiro atoms. The van der Waals surface area contributed by atoms with E-state index in [2.05, 4.69) is 35.2 Å². The average molecular weight is 377 g/mol. The summed E-state index contributed by atoms with van der Waals surface area (Å²) in [4.78, 5) is 2.40. The van der Waals surface area contributed by atoms with Gasteiger partial charge in [0.15, 0.2) is 11.5 Å². The third kappa shape index (κ3) is 3.75. The molecule has 4 rings (SSSR count). The summed E-state index contributed by atoms with van der Waals surface area (Å²) in [6, 6.07) is 14.8. The molecule has 2 atom stereocenters. The molecule has 2 aliphatic heterocycles. The molecule has 2 aliphatic rings. The van der Waals surface area contributed by atoms with Crippen molar-refractivity contribution in [2.45, 2.75) is 18.5 Å². The molecule has 26 heavy (non-hydrogen) atoms. The Morgan fingerprint density at radius 2 is 1.88 bits per heavy atom. The van der Waals surface area contributed by atoms with Crippen LogP contribution in [0.15, 0.2) is 42.5 Å². The van der Waals surface area contributed by atoms with Crippen molar-refractivity contribution in [3.8, 4) is 17.2 Å². The van der Waals surface area contributed by atoms with Crippen molar-refractivity contribution in [3.63, 3.8) is 0 Å². The fraction of sp³-hybridized carbons (Fsp3) is 0.400. The molecular weight excluding hydrogens is 352 g/mol. The Bertz CT molecular complexity index is 724. The highest BCUT2D eigenvalue weighted by Gasteiger charge is 2.31. The Hall–Kier alpha value is -1.95. The molecule has 2 aromatic carbocycles. The van der Waals surface area contributed by atoms with Crippen molar-refractivity contribution < 1.29 is 14.2 Å². The van der Waals surface area contributed by atoms with Crippen molar-refractivity contribution in [2.75, 3.05) is 33.4 Å². The van der Waals surface area contributed by atoms with Crippen LogP contribution in [0.5, 0.6) is 17.2 Å². The summed E-state index contributed by atoms with van der Waals surface area (Å²) in [6.45, 7) is 3.80. The molecule has 5 nitrogen and oxygen atoms in total. The van der Waals surface area contributed by atoms with E-state index in [-0.39, 0.29) is 18.4 Å². The topological polar surface area (TPSA) is 57.0 Å². The van der Waals surface area contributed by atoms with Crippen LogP contribution in [0.3, 0.4) is 0 Å². The highest BCUT2D eigenvalue weighted by molar-refractivity contribution is 5.85. The number of hydrogen-bond acceptors (Lipinski definition) is 5. The monoisotopic (exact) mass is 376 g/mol. The maximum Gasteiger partial charge on any atom is 0.203 e. The van der Waals surface area contributed by atoms with Crippen LogP contribution in [0.2, 0.25) is 0 Å². The molecule has 2 heterocycles. The second-order valence-corrected chi connectivity index (χ2v) is 6.70. The van der Waals surface area contributed by atoms with Crippen molar-refractivity contribution in [1.82, 2.24) is 4.90 Å². The normalized spacial score (nSPS) is 21.9. The van der Waals surface area contributed by atoms with Gasteiger partial charge in [-0.2, -0.15) is 0 Å². The maximum atomic E-state index is 6.41. The molecule has 0 saturated carbocycles. The number of halogens is 1. The van der Waals surface area contributed by atoms with Crippen molar-refractivity contribution in [3.05, 3.63) is 53.6 Å². The van der Waals surface area contributed by atoms with Gasteiger partial charge in [0.2, 0.25) is 5.75 Å².